The van der Waals surface area contributed by atoms with E-state index in [0.717, 1.165) is 23.0 Å². The van der Waals surface area contributed by atoms with Crippen LogP contribution < -0.4 is 5.32 Å². The van der Waals surface area contributed by atoms with E-state index in [1.165, 1.54) is 10.5 Å². The van der Waals surface area contributed by atoms with Gasteiger partial charge in [-0.3, -0.25) is 4.99 Å². The van der Waals surface area contributed by atoms with Crippen molar-refractivity contribution in [2.75, 3.05) is 17.3 Å². The van der Waals surface area contributed by atoms with Gasteiger partial charge in [0, 0.05) is 16.3 Å². The second kappa shape index (κ2) is 7.05. The maximum atomic E-state index is 4.78. The molecule has 1 unspecified atom stereocenters. The minimum atomic E-state index is 0.380. The Morgan fingerprint density at radius 1 is 1.14 bits per heavy atom. The van der Waals surface area contributed by atoms with Crippen molar-refractivity contribution >= 4 is 34.4 Å². The summed E-state index contributed by atoms with van der Waals surface area (Å²) in [6, 6.07) is 19.5. The Labute approximate surface area is 134 Å². The third-order valence-electron chi connectivity index (χ3n) is 3.37. The van der Waals surface area contributed by atoms with Crippen LogP contribution in [0.4, 0.5) is 5.69 Å². The number of nitrogens with one attached hydrogen (secondary N) is 1. The number of nitrogens with zero attached hydrogens (tertiary/aromatic N) is 1. The van der Waals surface area contributed by atoms with E-state index in [4.69, 9.17) is 4.99 Å². The van der Waals surface area contributed by atoms with Gasteiger partial charge in [0.25, 0.3) is 0 Å². The minimum absolute atomic E-state index is 0.380. The van der Waals surface area contributed by atoms with Crippen LogP contribution in [0.1, 0.15) is 5.56 Å². The fourth-order valence-corrected chi connectivity index (χ4v) is 3.64. The zero-order chi connectivity index (χ0) is 14.5. The number of hydrogen-bond donors (Lipinski definition) is 1. The van der Waals surface area contributed by atoms with Gasteiger partial charge < -0.3 is 5.32 Å². The quantitative estimate of drug-likeness (QED) is 0.839. The molecule has 0 fully saturated rings. The smallest absolute Gasteiger partial charge is 0.161 e. The molecule has 2 aromatic carbocycles. The standard InChI is InChI=1S/C17H18N2S2/c1-20-16-9-7-14(8-10-16)18-17-19-15(12-21-17)11-13-5-3-2-4-6-13/h2-10,15H,11-12H2,1H3,(H,18,19). The van der Waals surface area contributed by atoms with E-state index < -0.39 is 0 Å². The lowest BCUT2D eigenvalue weighted by Crippen LogP contribution is -2.08. The first-order chi connectivity index (χ1) is 10.3. The molecule has 0 saturated heterocycles. The number of thioether (sulfide) groups is 2. The van der Waals surface area contributed by atoms with Crippen LogP contribution >= 0.6 is 23.5 Å². The molecule has 108 valence electrons. The molecule has 1 heterocycles. The average Bonchev–Trinajstić information content (AvgIpc) is 2.96. The number of rotatable bonds is 4. The summed E-state index contributed by atoms with van der Waals surface area (Å²) in [5, 5.41) is 4.45. The molecule has 0 saturated carbocycles. The maximum Gasteiger partial charge on any atom is 0.161 e. The van der Waals surface area contributed by atoms with Gasteiger partial charge in [-0.15, -0.1) is 11.8 Å². The molecular weight excluding hydrogens is 296 g/mol. The molecule has 0 spiro atoms. The van der Waals surface area contributed by atoms with Crippen molar-refractivity contribution in [1.82, 2.24) is 0 Å². The topological polar surface area (TPSA) is 24.4 Å². The normalized spacial score (nSPS) is 17.6. The second-order valence-electron chi connectivity index (χ2n) is 4.94. The van der Waals surface area contributed by atoms with Crippen LogP contribution in [-0.4, -0.2) is 23.2 Å². The summed E-state index contributed by atoms with van der Waals surface area (Å²) in [5.41, 5.74) is 2.47. The van der Waals surface area contributed by atoms with Crippen LogP contribution in [-0.2, 0) is 6.42 Å². The van der Waals surface area contributed by atoms with E-state index >= 15 is 0 Å². The molecule has 0 aromatic heterocycles. The number of anilines is 1. The molecule has 0 amide bonds. The molecule has 1 aliphatic heterocycles. The molecule has 1 atom stereocenters. The van der Waals surface area contributed by atoms with E-state index in [1.807, 2.05) is 11.8 Å². The minimum Gasteiger partial charge on any atom is -0.335 e. The Morgan fingerprint density at radius 2 is 1.90 bits per heavy atom. The molecular formula is C17H18N2S2. The zero-order valence-corrected chi connectivity index (χ0v) is 13.6. The van der Waals surface area contributed by atoms with Gasteiger partial charge in [0.2, 0.25) is 0 Å². The van der Waals surface area contributed by atoms with Crippen LogP contribution in [0.5, 0.6) is 0 Å². The number of benzene rings is 2. The summed E-state index contributed by atoms with van der Waals surface area (Å²) in [6.07, 6.45) is 3.11. The lowest BCUT2D eigenvalue weighted by Gasteiger charge is -2.06. The highest BCUT2D eigenvalue weighted by Gasteiger charge is 2.18. The van der Waals surface area contributed by atoms with Crippen molar-refractivity contribution in [1.29, 1.82) is 0 Å². The number of hydrogen-bond acceptors (Lipinski definition) is 4. The van der Waals surface area contributed by atoms with E-state index in [9.17, 15) is 0 Å². The molecule has 4 heteroatoms. The van der Waals surface area contributed by atoms with Gasteiger partial charge in [-0.1, -0.05) is 42.1 Å². The van der Waals surface area contributed by atoms with Crippen LogP contribution in [0.2, 0.25) is 0 Å². The Morgan fingerprint density at radius 3 is 2.62 bits per heavy atom. The lowest BCUT2D eigenvalue weighted by atomic mass is 10.1. The van der Waals surface area contributed by atoms with Crippen LogP contribution in [0.15, 0.2) is 64.5 Å². The van der Waals surface area contributed by atoms with Crippen molar-refractivity contribution in [2.45, 2.75) is 17.4 Å². The fraction of sp³-hybridized carbons (Fsp3) is 0.235. The van der Waals surface area contributed by atoms with E-state index in [0.29, 0.717) is 6.04 Å². The molecule has 1 aliphatic rings. The summed E-state index contributed by atoms with van der Waals surface area (Å²) in [5.74, 6) is 1.06. The predicted octanol–water partition coefficient (Wildman–Crippen LogP) is 4.53. The van der Waals surface area contributed by atoms with Gasteiger partial charge in [0.05, 0.1) is 6.04 Å². The summed E-state index contributed by atoms with van der Waals surface area (Å²) in [4.78, 5) is 6.07. The molecule has 0 aliphatic carbocycles. The highest BCUT2D eigenvalue weighted by atomic mass is 32.2. The second-order valence-corrected chi connectivity index (χ2v) is 6.83. The van der Waals surface area contributed by atoms with Gasteiger partial charge in [-0.05, 0) is 42.5 Å². The van der Waals surface area contributed by atoms with Gasteiger partial charge in [-0.2, -0.15) is 0 Å². The van der Waals surface area contributed by atoms with Gasteiger partial charge in [0.1, 0.15) is 0 Å². The largest absolute Gasteiger partial charge is 0.335 e. The summed E-state index contributed by atoms with van der Waals surface area (Å²) in [7, 11) is 0. The van der Waals surface area contributed by atoms with E-state index in [1.54, 1.807) is 11.8 Å². The first-order valence-corrected chi connectivity index (χ1v) is 9.20. The van der Waals surface area contributed by atoms with Crippen LogP contribution in [0, 0.1) is 0 Å². The fourth-order valence-electron chi connectivity index (χ4n) is 2.27. The average molecular weight is 314 g/mol. The Hall–Kier alpha value is -1.39. The maximum absolute atomic E-state index is 4.78. The van der Waals surface area contributed by atoms with Gasteiger partial charge in [0.15, 0.2) is 5.17 Å². The van der Waals surface area contributed by atoms with Crippen LogP contribution in [0.3, 0.4) is 0 Å². The number of aliphatic imine (C=N–C) groups is 1. The molecule has 0 bridgehead atoms. The Balaban J connectivity index is 1.60. The van der Waals surface area contributed by atoms with Crippen molar-refractivity contribution in [3.63, 3.8) is 0 Å². The SMILES string of the molecule is CSc1ccc(NC2=NC(Cc3ccccc3)CS2)cc1. The molecule has 21 heavy (non-hydrogen) atoms. The van der Waals surface area contributed by atoms with Crippen molar-refractivity contribution < 1.29 is 0 Å². The van der Waals surface area contributed by atoms with Gasteiger partial charge >= 0.3 is 0 Å². The van der Waals surface area contributed by atoms with Crippen molar-refractivity contribution in [3.05, 3.63) is 60.2 Å². The molecule has 0 radical (unpaired) electrons. The molecule has 2 nitrogen and oxygen atoms in total. The van der Waals surface area contributed by atoms with Crippen molar-refractivity contribution in [2.24, 2.45) is 4.99 Å². The Bertz CT molecular complexity index is 608. The highest BCUT2D eigenvalue weighted by Crippen LogP contribution is 2.24. The van der Waals surface area contributed by atoms with E-state index in [-0.39, 0.29) is 0 Å². The summed E-state index contributed by atoms with van der Waals surface area (Å²) in [6.45, 7) is 0. The van der Waals surface area contributed by atoms with E-state index in [2.05, 4.69) is 66.2 Å². The third kappa shape index (κ3) is 4.05. The van der Waals surface area contributed by atoms with Crippen LogP contribution in [0.25, 0.3) is 0 Å². The predicted molar refractivity (Wildman–Crippen MR) is 95.7 cm³/mol. The zero-order valence-electron chi connectivity index (χ0n) is 12.0. The first-order valence-electron chi connectivity index (χ1n) is 6.99. The summed E-state index contributed by atoms with van der Waals surface area (Å²) < 4.78 is 0. The lowest BCUT2D eigenvalue weighted by molar-refractivity contribution is 0.762. The molecule has 1 N–H and O–H groups in total. The highest BCUT2D eigenvalue weighted by molar-refractivity contribution is 8.14. The Kier molecular flexibility index (Phi) is 4.88. The molecule has 2 aromatic rings. The van der Waals surface area contributed by atoms with Gasteiger partial charge in [-0.25, -0.2) is 0 Å². The van der Waals surface area contributed by atoms with Crippen molar-refractivity contribution in [3.8, 4) is 0 Å². The monoisotopic (exact) mass is 314 g/mol. The molecule has 3 rings (SSSR count). The first kappa shape index (κ1) is 14.5. The summed E-state index contributed by atoms with van der Waals surface area (Å²) >= 11 is 3.57. The third-order valence-corrected chi connectivity index (χ3v) is 5.14. The number of amidine groups is 1.